The number of esters is 1. The van der Waals surface area contributed by atoms with Crippen LogP contribution in [0, 0.1) is 0 Å². The molecule has 0 saturated heterocycles. The van der Waals surface area contributed by atoms with Crippen LogP contribution in [0.5, 0.6) is 0 Å². The highest BCUT2D eigenvalue weighted by atomic mass is 16.6. The Morgan fingerprint density at radius 3 is 2.95 bits per heavy atom. The minimum absolute atomic E-state index is 0.139. The summed E-state index contributed by atoms with van der Waals surface area (Å²) >= 11 is 0. The number of nitrogens with zero attached hydrogens (tertiary/aromatic N) is 3. The van der Waals surface area contributed by atoms with Gasteiger partial charge in [0, 0.05) is 0 Å². The van der Waals surface area contributed by atoms with Gasteiger partial charge >= 0.3 is 5.97 Å². The molecule has 0 aliphatic carbocycles. The maximum atomic E-state index is 11.5. The minimum atomic E-state index is -0.465. The average Bonchev–Trinajstić information content (AvgIpc) is 2.68. The molecule has 0 saturated carbocycles. The van der Waals surface area contributed by atoms with Gasteiger partial charge in [0.05, 0.1) is 19.3 Å². The Hall–Kier alpha value is -2.02. The minimum Gasteiger partial charge on any atom is -0.459 e. The average molecular weight is 263 g/mol. The van der Waals surface area contributed by atoms with E-state index in [1.165, 1.54) is 6.33 Å². The van der Waals surface area contributed by atoms with E-state index in [0.717, 1.165) is 5.52 Å². The smallest absolute Gasteiger partial charge is 0.320 e. The van der Waals surface area contributed by atoms with E-state index in [-0.39, 0.29) is 12.5 Å². The van der Waals surface area contributed by atoms with Gasteiger partial charge in [0.2, 0.25) is 0 Å². The van der Waals surface area contributed by atoms with Gasteiger partial charge in [-0.05, 0) is 20.8 Å². The molecule has 2 aromatic rings. The van der Waals surface area contributed by atoms with Crippen LogP contribution in [0.15, 0.2) is 12.5 Å². The van der Waals surface area contributed by atoms with E-state index in [2.05, 4.69) is 25.3 Å². The number of nitrogens with one attached hydrogen (secondary N) is 2. The number of hydrogen-bond acceptors (Lipinski definition) is 6. The summed E-state index contributed by atoms with van der Waals surface area (Å²) in [7, 11) is 0. The van der Waals surface area contributed by atoms with Crippen molar-refractivity contribution in [2.24, 2.45) is 0 Å². The number of imidazole rings is 1. The Kier molecular flexibility index (Phi) is 3.75. The fourth-order valence-electron chi connectivity index (χ4n) is 1.56. The van der Waals surface area contributed by atoms with Gasteiger partial charge in [-0.15, -0.1) is 0 Å². The van der Waals surface area contributed by atoms with Crippen LogP contribution in [0.1, 0.15) is 26.6 Å². The van der Waals surface area contributed by atoms with Crippen LogP contribution in [0.4, 0.5) is 0 Å². The Bertz CT molecular complexity index is 540. The van der Waals surface area contributed by atoms with Crippen LogP contribution in [-0.4, -0.2) is 38.1 Å². The van der Waals surface area contributed by atoms with Gasteiger partial charge in [-0.3, -0.25) is 10.1 Å². The standard InChI is InChI=1S/C12H17N5O2/c1-12(2,3)19-10(18)6-13-5-9-16-8-4-14-7-15-11(8)17-9/h4,7,13H,5-6H2,1-3H3,(H,14,15,16,17). The first-order valence-corrected chi connectivity index (χ1v) is 6.01. The van der Waals surface area contributed by atoms with Gasteiger partial charge < -0.3 is 9.72 Å². The topological polar surface area (TPSA) is 92.8 Å². The van der Waals surface area contributed by atoms with E-state index in [9.17, 15) is 4.79 Å². The lowest BCUT2D eigenvalue weighted by Crippen LogP contribution is -2.31. The molecule has 0 aliphatic rings. The van der Waals surface area contributed by atoms with Gasteiger partial charge in [0.25, 0.3) is 0 Å². The number of aromatic amines is 1. The van der Waals surface area contributed by atoms with Crippen LogP contribution in [0.2, 0.25) is 0 Å². The predicted molar refractivity (Wildman–Crippen MR) is 69.2 cm³/mol. The zero-order chi connectivity index (χ0) is 13.9. The largest absolute Gasteiger partial charge is 0.459 e. The van der Waals surface area contributed by atoms with E-state index in [1.54, 1.807) is 6.20 Å². The molecule has 2 rings (SSSR count). The summed E-state index contributed by atoms with van der Waals surface area (Å²) in [6.45, 7) is 6.09. The van der Waals surface area contributed by atoms with Crippen molar-refractivity contribution < 1.29 is 9.53 Å². The molecule has 2 heterocycles. The Morgan fingerprint density at radius 1 is 1.47 bits per heavy atom. The van der Waals surface area contributed by atoms with Crippen molar-refractivity contribution in [1.29, 1.82) is 0 Å². The third kappa shape index (κ3) is 3.99. The number of carbonyl (C=O) groups excluding carboxylic acids is 1. The Balaban J connectivity index is 1.84. The summed E-state index contributed by atoms with van der Waals surface area (Å²) in [5, 5.41) is 2.97. The lowest BCUT2D eigenvalue weighted by atomic mass is 10.2. The van der Waals surface area contributed by atoms with Crippen molar-refractivity contribution in [3.05, 3.63) is 18.3 Å². The number of aromatic nitrogens is 4. The molecular weight excluding hydrogens is 246 g/mol. The normalized spacial score (nSPS) is 11.7. The van der Waals surface area contributed by atoms with Gasteiger partial charge in [0.1, 0.15) is 23.3 Å². The highest BCUT2D eigenvalue weighted by Crippen LogP contribution is 2.07. The second-order valence-electron chi connectivity index (χ2n) is 5.13. The molecule has 2 N–H and O–H groups in total. The third-order valence-electron chi connectivity index (χ3n) is 2.19. The molecule has 0 unspecified atom stereocenters. The van der Waals surface area contributed by atoms with Crippen LogP contribution in [-0.2, 0) is 16.1 Å². The lowest BCUT2D eigenvalue weighted by Gasteiger charge is -2.19. The van der Waals surface area contributed by atoms with Crippen molar-refractivity contribution in [3.63, 3.8) is 0 Å². The molecule has 0 aliphatic heterocycles. The first-order valence-electron chi connectivity index (χ1n) is 6.01. The Morgan fingerprint density at radius 2 is 2.26 bits per heavy atom. The second-order valence-corrected chi connectivity index (χ2v) is 5.13. The molecule has 0 bridgehead atoms. The van der Waals surface area contributed by atoms with E-state index >= 15 is 0 Å². The number of hydrogen-bond donors (Lipinski definition) is 2. The second kappa shape index (κ2) is 5.31. The van der Waals surface area contributed by atoms with Gasteiger partial charge in [0.15, 0.2) is 5.65 Å². The molecule has 2 aromatic heterocycles. The van der Waals surface area contributed by atoms with E-state index < -0.39 is 5.60 Å². The first-order chi connectivity index (χ1) is 8.94. The number of rotatable bonds is 4. The van der Waals surface area contributed by atoms with Gasteiger partial charge in [-0.25, -0.2) is 15.0 Å². The van der Waals surface area contributed by atoms with Crippen LogP contribution in [0.3, 0.4) is 0 Å². The zero-order valence-corrected chi connectivity index (χ0v) is 11.2. The van der Waals surface area contributed by atoms with Crippen LogP contribution in [0.25, 0.3) is 11.2 Å². The molecule has 0 radical (unpaired) electrons. The molecular formula is C12H17N5O2. The predicted octanol–water partition coefficient (Wildman–Crippen LogP) is 0.784. The van der Waals surface area contributed by atoms with Crippen molar-refractivity contribution >= 4 is 17.1 Å². The fourth-order valence-corrected chi connectivity index (χ4v) is 1.56. The highest BCUT2D eigenvalue weighted by molar-refractivity contribution is 5.72. The van der Waals surface area contributed by atoms with Crippen molar-refractivity contribution in [1.82, 2.24) is 25.3 Å². The summed E-state index contributed by atoms with van der Waals surface area (Å²) < 4.78 is 5.18. The van der Waals surface area contributed by atoms with Crippen LogP contribution >= 0.6 is 0 Å². The number of carbonyl (C=O) groups is 1. The summed E-state index contributed by atoms with van der Waals surface area (Å²) in [4.78, 5) is 26.7. The summed E-state index contributed by atoms with van der Waals surface area (Å²) in [6, 6.07) is 0. The van der Waals surface area contributed by atoms with Crippen molar-refractivity contribution in [2.45, 2.75) is 32.9 Å². The SMILES string of the molecule is CC(C)(C)OC(=O)CNCc1nc2ncncc2[nH]1. The molecule has 0 amide bonds. The van der Waals surface area contributed by atoms with Gasteiger partial charge in [-0.1, -0.05) is 0 Å². The first kappa shape index (κ1) is 13.4. The molecule has 19 heavy (non-hydrogen) atoms. The molecule has 7 nitrogen and oxygen atoms in total. The summed E-state index contributed by atoms with van der Waals surface area (Å²) in [5.41, 5.74) is 0.925. The number of ether oxygens (including phenoxy) is 1. The quantitative estimate of drug-likeness (QED) is 0.792. The van der Waals surface area contributed by atoms with Crippen molar-refractivity contribution in [3.8, 4) is 0 Å². The summed E-state index contributed by atoms with van der Waals surface area (Å²) in [5.74, 6) is 0.419. The van der Waals surface area contributed by atoms with E-state index in [4.69, 9.17) is 4.74 Å². The Labute approximate surface area is 110 Å². The number of H-pyrrole nitrogens is 1. The van der Waals surface area contributed by atoms with Gasteiger partial charge in [-0.2, -0.15) is 0 Å². The van der Waals surface area contributed by atoms with Crippen LogP contribution < -0.4 is 5.32 Å². The van der Waals surface area contributed by atoms with E-state index in [1.807, 2.05) is 20.8 Å². The van der Waals surface area contributed by atoms with Crippen molar-refractivity contribution in [2.75, 3.05) is 6.54 Å². The molecule has 0 fully saturated rings. The molecule has 0 atom stereocenters. The maximum absolute atomic E-state index is 11.5. The molecule has 0 aromatic carbocycles. The fraction of sp³-hybridized carbons (Fsp3) is 0.500. The third-order valence-corrected chi connectivity index (χ3v) is 2.19. The number of fused-ring (bicyclic) bond motifs is 1. The summed E-state index contributed by atoms with van der Waals surface area (Å²) in [6.07, 6.45) is 3.10. The molecule has 0 spiro atoms. The highest BCUT2D eigenvalue weighted by Gasteiger charge is 2.15. The monoisotopic (exact) mass is 263 g/mol. The lowest BCUT2D eigenvalue weighted by molar-refractivity contribution is -0.153. The molecule has 7 heteroatoms. The zero-order valence-electron chi connectivity index (χ0n) is 11.2. The maximum Gasteiger partial charge on any atom is 0.320 e. The van der Waals surface area contributed by atoms with E-state index in [0.29, 0.717) is 18.0 Å². The molecule has 102 valence electrons.